The summed E-state index contributed by atoms with van der Waals surface area (Å²) in [5.74, 6) is -0.668. The lowest BCUT2D eigenvalue weighted by atomic mass is 10.0. The zero-order valence-corrected chi connectivity index (χ0v) is 14.7. The average molecular weight is 373 g/mol. The molecule has 0 radical (unpaired) electrons. The van der Waals surface area contributed by atoms with Crippen molar-refractivity contribution in [2.45, 2.75) is 38.6 Å². The van der Waals surface area contributed by atoms with Gasteiger partial charge in [-0.2, -0.15) is 0 Å². The number of anilines is 1. The molecular formula is C17H22F3N3O3. The molecule has 1 aromatic carbocycles. The van der Waals surface area contributed by atoms with Crippen molar-refractivity contribution in [2.24, 2.45) is 0 Å². The number of urea groups is 1. The molecule has 0 aromatic heterocycles. The Labute approximate surface area is 149 Å². The maximum Gasteiger partial charge on any atom is 0.573 e. The minimum Gasteiger partial charge on any atom is -0.404 e. The first kappa shape index (κ1) is 19.9. The van der Waals surface area contributed by atoms with Crippen LogP contribution in [0, 0.1) is 0 Å². The average Bonchev–Trinajstić information content (AvgIpc) is 2.56. The molecule has 1 heterocycles. The lowest BCUT2D eigenvalue weighted by molar-refractivity contribution is -0.274. The molecule has 0 bridgehead atoms. The molecule has 1 aromatic rings. The Bertz CT molecular complexity index is 652. The Balaban J connectivity index is 2.16. The van der Waals surface area contributed by atoms with E-state index in [9.17, 15) is 22.8 Å². The molecule has 1 fully saturated rings. The van der Waals surface area contributed by atoms with Crippen LogP contribution in [0.2, 0.25) is 0 Å². The number of ether oxygens (including phenoxy) is 1. The van der Waals surface area contributed by atoms with Crippen LogP contribution in [0.25, 0.3) is 0 Å². The zero-order chi connectivity index (χ0) is 19.3. The van der Waals surface area contributed by atoms with E-state index in [0.29, 0.717) is 19.5 Å². The molecule has 1 atom stereocenters. The SMILES string of the molecule is CCCC[C@H]1C(=O)N(C)CCN1C(=O)Nc1ccccc1OC(F)(F)F. The van der Waals surface area contributed by atoms with Crippen molar-refractivity contribution in [1.82, 2.24) is 9.80 Å². The minimum atomic E-state index is -4.87. The third kappa shape index (κ3) is 5.03. The number of para-hydroxylation sites is 2. The van der Waals surface area contributed by atoms with E-state index in [1.54, 1.807) is 11.9 Å². The topological polar surface area (TPSA) is 61.9 Å². The number of carbonyl (C=O) groups excluding carboxylic acids is 2. The van der Waals surface area contributed by atoms with Gasteiger partial charge in [0.25, 0.3) is 0 Å². The molecule has 1 saturated heterocycles. The third-order valence-corrected chi connectivity index (χ3v) is 4.16. The fourth-order valence-corrected chi connectivity index (χ4v) is 2.80. The fourth-order valence-electron chi connectivity index (χ4n) is 2.80. The number of likely N-dealkylation sites (N-methyl/N-ethyl adjacent to an activating group) is 1. The second kappa shape index (κ2) is 8.29. The molecule has 0 saturated carbocycles. The highest BCUT2D eigenvalue weighted by Gasteiger charge is 2.36. The van der Waals surface area contributed by atoms with Crippen molar-refractivity contribution in [2.75, 3.05) is 25.5 Å². The van der Waals surface area contributed by atoms with Crippen LogP contribution >= 0.6 is 0 Å². The van der Waals surface area contributed by atoms with Crippen molar-refractivity contribution in [3.05, 3.63) is 24.3 Å². The summed E-state index contributed by atoms with van der Waals surface area (Å²) < 4.78 is 41.5. The van der Waals surface area contributed by atoms with Crippen LogP contribution in [0.5, 0.6) is 5.75 Å². The zero-order valence-electron chi connectivity index (χ0n) is 14.7. The highest BCUT2D eigenvalue weighted by atomic mass is 19.4. The van der Waals surface area contributed by atoms with Gasteiger partial charge in [0, 0.05) is 20.1 Å². The summed E-state index contributed by atoms with van der Waals surface area (Å²) in [6, 6.07) is 4.06. The largest absolute Gasteiger partial charge is 0.573 e. The lowest BCUT2D eigenvalue weighted by Gasteiger charge is -2.39. The molecular weight excluding hydrogens is 351 g/mol. The van der Waals surface area contributed by atoms with Crippen LogP contribution in [0.3, 0.4) is 0 Å². The number of amides is 3. The summed E-state index contributed by atoms with van der Waals surface area (Å²) in [6.07, 6.45) is -2.73. The molecule has 9 heteroatoms. The predicted molar refractivity (Wildman–Crippen MR) is 89.8 cm³/mol. The van der Waals surface area contributed by atoms with Gasteiger partial charge < -0.3 is 19.9 Å². The number of nitrogens with one attached hydrogen (secondary N) is 1. The number of hydrogen-bond donors (Lipinski definition) is 1. The Morgan fingerprint density at radius 1 is 1.31 bits per heavy atom. The van der Waals surface area contributed by atoms with Gasteiger partial charge in [-0.15, -0.1) is 13.2 Å². The molecule has 0 spiro atoms. The summed E-state index contributed by atoms with van der Waals surface area (Å²) in [4.78, 5) is 27.9. The maximum atomic E-state index is 12.6. The number of unbranched alkanes of at least 4 members (excludes halogenated alkanes) is 1. The van der Waals surface area contributed by atoms with E-state index in [0.717, 1.165) is 18.9 Å². The molecule has 0 unspecified atom stereocenters. The Morgan fingerprint density at radius 2 is 2.00 bits per heavy atom. The molecule has 2 rings (SSSR count). The van der Waals surface area contributed by atoms with Gasteiger partial charge in [0.15, 0.2) is 5.75 Å². The highest BCUT2D eigenvalue weighted by Crippen LogP contribution is 2.30. The standard InChI is InChI=1S/C17H22F3N3O3/c1-3-4-8-13-15(24)22(2)10-11-23(13)16(25)21-12-7-5-6-9-14(12)26-17(18,19)20/h5-7,9,13H,3-4,8,10-11H2,1-2H3,(H,21,25)/t13-/m0/s1. The number of carbonyl (C=O) groups is 2. The summed E-state index contributed by atoms with van der Waals surface area (Å²) >= 11 is 0. The number of hydrogen-bond acceptors (Lipinski definition) is 3. The minimum absolute atomic E-state index is 0.101. The second-order valence-electron chi connectivity index (χ2n) is 6.09. The first-order chi connectivity index (χ1) is 12.2. The monoisotopic (exact) mass is 373 g/mol. The van der Waals surface area contributed by atoms with Gasteiger partial charge in [-0.25, -0.2) is 4.79 Å². The maximum absolute atomic E-state index is 12.6. The van der Waals surface area contributed by atoms with Gasteiger partial charge >= 0.3 is 12.4 Å². The van der Waals surface area contributed by atoms with E-state index in [1.165, 1.54) is 23.1 Å². The molecule has 144 valence electrons. The lowest BCUT2D eigenvalue weighted by Crippen LogP contribution is -2.58. The van der Waals surface area contributed by atoms with E-state index >= 15 is 0 Å². The second-order valence-corrected chi connectivity index (χ2v) is 6.09. The van der Waals surface area contributed by atoms with Crippen LogP contribution in [-0.4, -0.2) is 54.3 Å². The van der Waals surface area contributed by atoms with Crippen LogP contribution in [0.15, 0.2) is 24.3 Å². The molecule has 26 heavy (non-hydrogen) atoms. The molecule has 0 aliphatic carbocycles. The summed E-state index contributed by atoms with van der Waals surface area (Å²) in [5.41, 5.74) is -0.101. The first-order valence-corrected chi connectivity index (χ1v) is 8.40. The summed E-state index contributed by atoms with van der Waals surface area (Å²) in [7, 11) is 1.67. The van der Waals surface area contributed by atoms with Crippen molar-refractivity contribution in [3.63, 3.8) is 0 Å². The van der Waals surface area contributed by atoms with Crippen LogP contribution in [0.1, 0.15) is 26.2 Å². The number of alkyl halides is 3. The molecule has 1 N–H and O–H groups in total. The molecule has 1 aliphatic rings. The van der Waals surface area contributed by atoms with Gasteiger partial charge in [-0.1, -0.05) is 31.9 Å². The number of rotatable bonds is 5. The van der Waals surface area contributed by atoms with Crippen molar-refractivity contribution < 1.29 is 27.5 Å². The predicted octanol–water partition coefficient (Wildman–Crippen LogP) is 3.45. The third-order valence-electron chi connectivity index (χ3n) is 4.16. The highest BCUT2D eigenvalue weighted by molar-refractivity contribution is 5.95. The quantitative estimate of drug-likeness (QED) is 0.860. The van der Waals surface area contributed by atoms with Crippen molar-refractivity contribution >= 4 is 17.6 Å². The van der Waals surface area contributed by atoms with Crippen molar-refractivity contribution in [3.8, 4) is 5.75 Å². The molecule has 1 aliphatic heterocycles. The van der Waals surface area contributed by atoms with Crippen molar-refractivity contribution in [1.29, 1.82) is 0 Å². The molecule has 3 amide bonds. The smallest absolute Gasteiger partial charge is 0.404 e. The van der Waals surface area contributed by atoms with Crippen LogP contribution in [-0.2, 0) is 4.79 Å². The summed E-state index contributed by atoms with van der Waals surface area (Å²) in [6.45, 7) is 2.66. The number of nitrogens with zero attached hydrogens (tertiary/aromatic N) is 2. The van der Waals surface area contributed by atoms with E-state index in [4.69, 9.17) is 0 Å². The van der Waals surface area contributed by atoms with E-state index < -0.39 is 24.2 Å². The summed E-state index contributed by atoms with van der Waals surface area (Å²) in [5, 5.41) is 2.44. The van der Waals surface area contributed by atoms with Gasteiger partial charge in [0.2, 0.25) is 5.91 Å². The fraction of sp³-hybridized carbons (Fsp3) is 0.529. The van der Waals surface area contributed by atoms with E-state index in [-0.39, 0.29) is 11.6 Å². The van der Waals surface area contributed by atoms with Gasteiger partial charge in [-0.3, -0.25) is 4.79 Å². The number of halogens is 3. The number of piperazine rings is 1. The normalized spacial score (nSPS) is 18.0. The number of benzene rings is 1. The van der Waals surface area contributed by atoms with Gasteiger partial charge in [-0.05, 0) is 18.6 Å². The van der Waals surface area contributed by atoms with E-state index in [2.05, 4.69) is 10.1 Å². The first-order valence-electron chi connectivity index (χ1n) is 8.40. The van der Waals surface area contributed by atoms with E-state index in [1.807, 2.05) is 6.92 Å². The molecule has 6 nitrogen and oxygen atoms in total. The Hall–Kier alpha value is -2.45. The Kier molecular flexibility index (Phi) is 6.33. The Morgan fingerprint density at radius 3 is 2.65 bits per heavy atom. The van der Waals surface area contributed by atoms with Crippen LogP contribution < -0.4 is 10.1 Å². The van der Waals surface area contributed by atoms with Crippen LogP contribution in [0.4, 0.5) is 23.7 Å². The van der Waals surface area contributed by atoms with Gasteiger partial charge in [0.05, 0.1) is 5.69 Å². The van der Waals surface area contributed by atoms with Gasteiger partial charge in [0.1, 0.15) is 6.04 Å².